The minimum Gasteiger partial charge on any atom is -0.430 e. The number of nitrogens with zero attached hydrogens (tertiary/aromatic N) is 3. The third kappa shape index (κ3) is 3.40. The Labute approximate surface area is 177 Å². The number of amides is 2. The molecule has 0 saturated carbocycles. The quantitative estimate of drug-likeness (QED) is 0.594. The van der Waals surface area contributed by atoms with Crippen LogP contribution in [-0.4, -0.2) is 78.0 Å². The van der Waals surface area contributed by atoms with Gasteiger partial charge in [0.05, 0.1) is 36.6 Å². The number of hydrogen-bond acceptors (Lipinski definition) is 5. The smallest absolute Gasteiger partial charge is 0.430 e. The first kappa shape index (κ1) is 19.5. The number of halogens is 1. The molecule has 0 aliphatic carbocycles. The maximum atomic E-state index is 14.8. The van der Waals surface area contributed by atoms with Gasteiger partial charge in [-0.25, -0.2) is 4.39 Å². The van der Waals surface area contributed by atoms with Crippen molar-refractivity contribution in [1.82, 2.24) is 4.90 Å². The van der Waals surface area contributed by atoms with Crippen LogP contribution in [0.15, 0.2) is 42.5 Å². The molecule has 2 aromatic rings. The van der Waals surface area contributed by atoms with Gasteiger partial charge >= 0.3 is 6.08 Å². The number of ether oxygens (including phenoxy) is 2. The van der Waals surface area contributed by atoms with Gasteiger partial charge < -0.3 is 19.5 Å². The van der Waals surface area contributed by atoms with Crippen molar-refractivity contribution < 1.29 is 33.1 Å². The Kier molecular flexibility index (Phi) is 4.82. The second-order valence-electron chi connectivity index (χ2n) is 7.63. The fraction of sp³-hybridized carbons (Fsp3) is 0.318. The van der Waals surface area contributed by atoms with E-state index in [2.05, 4.69) is 0 Å². The number of morpholine rings is 1. The van der Waals surface area contributed by atoms with Crippen LogP contribution in [0.3, 0.4) is 0 Å². The number of anilines is 1. The number of rotatable bonds is 4. The minimum absolute atomic E-state index is 0.0126. The van der Waals surface area contributed by atoms with Crippen LogP contribution in [0.2, 0.25) is 0 Å². The number of imide groups is 1. The average molecular weight is 426 g/mol. The Bertz CT molecular complexity index is 1060. The zero-order chi connectivity index (χ0) is 21.5. The maximum Gasteiger partial charge on any atom is 0.553 e. The molecule has 0 bridgehead atoms. The number of carbonyl (C=O) groups is 2. The number of carbonyl (C=O) groups excluding carboxylic acids is 2. The summed E-state index contributed by atoms with van der Waals surface area (Å²) in [6, 6.07) is 11.3. The highest BCUT2D eigenvalue weighted by Crippen LogP contribution is 2.28. The van der Waals surface area contributed by atoms with E-state index in [0.29, 0.717) is 48.8 Å². The minimum atomic E-state index is -0.635. The van der Waals surface area contributed by atoms with Crippen LogP contribution in [-0.2, 0) is 9.47 Å². The molecule has 160 valence electrons. The third-order valence-corrected chi connectivity index (χ3v) is 5.75. The van der Waals surface area contributed by atoms with Crippen molar-refractivity contribution in [3.8, 4) is 0 Å². The largest absolute Gasteiger partial charge is 0.553 e. The normalized spacial score (nSPS) is 21.0. The van der Waals surface area contributed by atoms with Gasteiger partial charge in [-0.3, -0.25) is 14.5 Å². The Hall–Kier alpha value is -3.46. The Morgan fingerprint density at radius 2 is 1.74 bits per heavy atom. The zero-order valence-corrected chi connectivity index (χ0v) is 16.7. The van der Waals surface area contributed by atoms with Crippen molar-refractivity contribution in [2.75, 3.05) is 44.3 Å². The molecule has 1 fully saturated rings. The van der Waals surface area contributed by atoms with Gasteiger partial charge in [0.25, 0.3) is 11.8 Å². The van der Waals surface area contributed by atoms with E-state index >= 15 is 0 Å². The molecule has 9 heteroatoms. The van der Waals surface area contributed by atoms with E-state index in [9.17, 15) is 19.1 Å². The van der Waals surface area contributed by atoms with Crippen LogP contribution in [0.5, 0.6) is 0 Å². The SMILES string of the molecule is O=C1c2ccccc2C(=O)N1C[C@H]1C[N+](c2ccc(N3CCOCC3)c(F)c2)=C(O)O1. The second-order valence-corrected chi connectivity index (χ2v) is 7.63. The number of benzene rings is 2. The zero-order valence-electron chi connectivity index (χ0n) is 16.7. The van der Waals surface area contributed by atoms with E-state index in [0.717, 1.165) is 4.90 Å². The van der Waals surface area contributed by atoms with E-state index in [1.165, 1.54) is 10.6 Å². The molecule has 2 amide bonds. The Morgan fingerprint density at radius 3 is 2.39 bits per heavy atom. The highest BCUT2D eigenvalue weighted by Gasteiger charge is 2.42. The summed E-state index contributed by atoms with van der Waals surface area (Å²) in [5.41, 5.74) is 1.62. The predicted octanol–water partition coefficient (Wildman–Crippen LogP) is 1.92. The highest BCUT2D eigenvalue weighted by molar-refractivity contribution is 6.21. The number of fused-ring (bicyclic) bond motifs is 1. The first-order valence-electron chi connectivity index (χ1n) is 10.1. The molecule has 3 aliphatic heterocycles. The van der Waals surface area contributed by atoms with Crippen LogP contribution >= 0.6 is 0 Å². The molecular formula is C22H21FN3O5+. The summed E-state index contributed by atoms with van der Waals surface area (Å²) < 4.78 is 27.0. The monoisotopic (exact) mass is 426 g/mol. The van der Waals surface area contributed by atoms with Crippen molar-refractivity contribution in [3.63, 3.8) is 0 Å². The van der Waals surface area contributed by atoms with Crippen molar-refractivity contribution in [3.05, 3.63) is 59.4 Å². The number of aliphatic hydroxyl groups is 1. The maximum absolute atomic E-state index is 14.8. The topological polar surface area (TPSA) is 82.3 Å². The van der Waals surface area contributed by atoms with E-state index in [1.54, 1.807) is 36.4 Å². The predicted molar refractivity (Wildman–Crippen MR) is 109 cm³/mol. The van der Waals surface area contributed by atoms with Crippen LogP contribution in [0.4, 0.5) is 15.8 Å². The third-order valence-electron chi connectivity index (χ3n) is 5.75. The van der Waals surface area contributed by atoms with Gasteiger partial charge in [0.2, 0.25) is 5.69 Å². The summed E-state index contributed by atoms with van der Waals surface area (Å²) in [5, 5.41) is 10.3. The van der Waals surface area contributed by atoms with Crippen molar-refractivity contribution in [2.24, 2.45) is 0 Å². The molecule has 2 aromatic carbocycles. The van der Waals surface area contributed by atoms with Gasteiger partial charge in [-0.2, -0.15) is 0 Å². The summed E-state index contributed by atoms with van der Waals surface area (Å²) in [5.74, 6) is -1.18. The van der Waals surface area contributed by atoms with Gasteiger partial charge in [-0.1, -0.05) is 12.1 Å². The standard InChI is InChI=1S/C22H20FN3O5/c23-18-11-14(5-6-19(18)24-7-9-30-10-8-24)25-12-15(31-22(25)29)13-26-20(27)16-3-1-2-4-17(16)21(26)28/h1-6,11,15H,7-10,12-13H2/p+1/t15-/m1/s1. The fourth-order valence-corrected chi connectivity index (χ4v) is 4.18. The molecule has 5 rings (SSSR count). The van der Waals surface area contributed by atoms with Crippen molar-refractivity contribution in [1.29, 1.82) is 0 Å². The van der Waals surface area contributed by atoms with Crippen molar-refractivity contribution in [2.45, 2.75) is 6.10 Å². The molecule has 0 spiro atoms. The van der Waals surface area contributed by atoms with Gasteiger partial charge in [0, 0.05) is 25.2 Å². The van der Waals surface area contributed by atoms with E-state index < -0.39 is 11.9 Å². The lowest BCUT2D eigenvalue weighted by atomic mass is 10.1. The van der Waals surface area contributed by atoms with E-state index in [4.69, 9.17) is 9.47 Å². The number of aliphatic hydroxyl groups excluding tert-OH is 1. The van der Waals surface area contributed by atoms with E-state index in [-0.39, 0.29) is 31.0 Å². The lowest BCUT2D eigenvalue weighted by molar-refractivity contribution is -0.441. The Balaban J connectivity index is 1.30. The van der Waals surface area contributed by atoms with Gasteiger partial charge in [-0.15, -0.1) is 4.58 Å². The molecule has 1 saturated heterocycles. The first-order valence-corrected chi connectivity index (χ1v) is 10.1. The molecular weight excluding hydrogens is 405 g/mol. The molecule has 0 radical (unpaired) electrons. The van der Waals surface area contributed by atoms with Crippen LogP contribution < -0.4 is 4.90 Å². The molecule has 1 N–H and O–H groups in total. The number of hydrogen-bond donors (Lipinski definition) is 1. The summed E-state index contributed by atoms with van der Waals surface area (Å²) in [4.78, 5) is 28.2. The molecule has 3 aliphatic rings. The summed E-state index contributed by atoms with van der Waals surface area (Å²) >= 11 is 0. The lowest BCUT2D eigenvalue weighted by Gasteiger charge is -2.29. The second kappa shape index (κ2) is 7.66. The summed E-state index contributed by atoms with van der Waals surface area (Å²) in [6.45, 7) is 2.49. The van der Waals surface area contributed by atoms with E-state index in [1.807, 2.05) is 4.90 Å². The highest BCUT2D eigenvalue weighted by atomic mass is 19.1. The molecule has 31 heavy (non-hydrogen) atoms. The van der Waals surface area contributed by atoms with Crippen LogP contribution in [0, 0.1) is 5.82 Å². The van der Waals surface area contributed by atoms with Gasteiger partial charge in [-0.05, 0) is 18.2 Å². The molecule has 1 atom stereocenters. The Morgan fingerprint density at radius 1 is 1.06 bits per heavy atom. The van der Waals surface area contributed by atoms with Gasteiger partial charge in [0.15, 0.2) is 18.5 Å². The fourth-order valence-electron chi connectivity index (χ4n) is 4.18. The first-order chi connectivity index (χ1) is 15.0. The summed E-state index contributed by atoms with van der Waals surface area (Å²) in [6.07, 6.45) is -1.02. The van der Waals surface area contributed by atoms with Crippen LogP contribution in [0.1, 0.15) is 20.7 Å². The molecule has 0 aromatic heterocycles. The molecule has 8 nitrogen and oxygen atoms in total. The lowest BCUT2D eigenvalue weighted by Crippen LogP contribution is -2.38. The molecule has 0 unspecified atom stereocenters. The average Bonchev–Trinajstić information content (AvgIpc) is 3.27. The van der Waals surface area contributed by atoms with Crippen LogP contribution in [0.25, 0.3) is 0 Å². The molecule has 3 heterocycles. The van der Waals surface area contributed by atoms with Crippen molar-refractivity contribution >= 4 is 29.3 Å². The summed E-state index contributed by atoms with van der Waals surface area (Å²) in [7, 11) is 0. The van der Waals surface area contributed by atoms with Gasteiger partial charge in [0.1, 0.15) is 0 Å².